The molecule has 2 heterocycles. The summed E-state index contributed by atoms with van der Waals surface area (Å²) in [6.45, 7) is 4.76. The molecule has 8 nitrogen and oxygen atoms in total. The molecule has 24 heavy (non-hydrogen) atoms. The minimum atomic E-state index is -0.162. The van der Waals surface area contributed by atoms with Crippen LogP contribution in [0.15, 0.2) is 29.0 Å². The second-order valence-electron chi connectivity index (χ2n) is 5.11. The van der Waals surface area contributed by atoms with E-state index in [1.54, 1.807) is 24.5 Å². The lowest BCUT2D eigenvalue weighted by atomic mass is 10.2. The van der Waals surface area contributed by atoms with Crippen molar-refractivity contribution in [1.29, 1.82) is 0 Å². The molecule has 0 unspecified atom stereocenters. The first-order valence-corrected chi connectivity index (χ1v) is 7.91. The van der Waals surface area contributed by atoms with Crippen LogP contribution in [0, 0.1) is 0 Å². The van der Waals surface area contributed by atoms with Gasteiger partial charge in [0.05, 0.1) is 6.54 Å². The number of amides is 2. The van der Waals surface area contributed by atoms with Gasteiger partial charge in [0.25, 0.3) is 0 Å². The molecule has 2 aromatic rings. The third kappa shape index (κ3) is 4.87. The molecule has 0 bridgehead atoms. The number of pyridine rings is 1. The molecule has 0 radical (unpaired) electrons. The van der Waals surface area contributed by atoms with Crippen molar-refractivity contribution in [1.82, 2.24) is 25.3 Å². The Kier molecular flexibility index (Phi) is 6.41. The number of nitrogens with one attached hydrogen (secondary N) is 1. The fourth-order valence-electron chi connectivity index (χ4n) is 2.15. The highest BCUT2D eigenvalue weighted by Crippen LogP contribution is 2.14. The topological polar surface area (TPSA) is 101 Å². The van der Waals surface area contributed by atoms with Gasteiger partial charge in [-0.05, 0) is 26.0 Å². The molecule has 2 aromatic heterocycles. The summed E-state index contributed by atoms with van der Waals surface area (Å²) in [4.78, 5) is 33.5. The van der Waals surface area contributed by atoms with Gasteiger partial charge in [0, 0.05) is 43.9 Å². The zero-order chi connectivity index (χ0) is 17.4. The van der Waals surface area contributed by atoms with E-state index < -0.39 is 0 Å². The molecule has 0 aliphatic carbocycles. The second kappa shape index (κ2) is 8.76. The van der Waals surface area contributed by atoms with Crippen molar-refractivity contribution in [2.75, 3.05) is 19.6 Å². The Hall–Kier alpha value is -2.77. The van der Waals surface area contributed by atoms with Gasteiger partial charge in [-0.1, -0.05) is 5.16 Å². The summed E-state index contributed by atoms with van der Waals surface area (Å²) in [6, 6.07) is 3.57. The van der Waals surface area contributed by atoms with Crippen LogP contribution in [0.1, 0.15) is 26.2 Å². The second-order valence-corrected chi connectivity index (χ2v) is 5.11. The van der Waals surface area contributed by atoms with Crippen molar-refractivity contribution < 1.29 is 14.1 Å². The maximum Gasteiger partial charge on any atom is 0.239 e. The summed E-state index contributed by atoms with van der Waals surface area (Å²) < 4.78 is 5.17. The van der Waals surface area contributed by atoms with Gasteiger partial charge in [-0.2, -0.15) is 4.98 Å². The Balaban J connectivity index is 1.89. The Labute approximate surface area is 140 Å². The fourth-order valence-corrected chi connectivity index (χ4v) is 2.15. The number of likely N-dealkylation sites (N-methyl/N-ethyl adjacent to an activating group) is 2. The number of aryl methyl sites for hydroxylation is 1. The van der Waals surface area contributed by atoms with Crippen LogP contribution in [0.5, 0.6) is 0 Å². The van der Waals surface area contributed by atoms with Crippen LogP contribution in [0.2, 0.25) is 0 Å². The van der Waals surface area contributed by atoms with E-state index in [-0.39, 0.29) is 24.8 Å². The maximum absolute atomic E-state index is 12.2. The Morgan fingerprint density at radius 3 is 2.67 bits per heavy atom. The summed E-state index contributed by atoms with van der Waals surface area (Å²) in [5.74, 6) is 0.580. The van der Waals surface area contributed by atoms with Crippen molar-refractivity contribution in [3.8, 4) is 11.4 Å². The van der Waals surface area contributed by atoms with Crippen molar-refractivity contribution in [2.24, 2.45) is 0 Å². The zero-order valence-corrected chi connectivity index (χ0v) is 13.9. The van der Waals surface area contributed by atoms with Gasteiger partial charge >= 0.3 is 0 Å². The van der Waals surface area contributed by atoms with Crippen LogP contribution < -0.4 is 5.32 Å². The lowest BCUT2D eigenvalue weighted by Crippen LogP contribution is -2.40. The smallest absolute Gasteiger partial charge is 0.239 e. The quantitative estimate of drug-likeness (QED) is 0.776. The lowest BCUT2D eigenvalue weighted by Gasteiger charge is -2.19. The van der Waals surface area contributed by atoms with Crippen molar-refractivity contribution in [3.63, 3.8) is 0 Å². The molecular formula is C16H21N5O3. The Morgan fingerprint density at radius 1 is 1.25 bits per heavy atom. The monoisotopic (exact) mass is 331 g/mol. The van der Waals surface area contributed by atoms with Crippen molar-refractivity contribution in [3.05, 3.63) is 30.4 Å². The van der Waals surface area contributed by atoms with E-state index in [4.69, 9.17) is 4.52 Å². The van der Waals surface area contributed by atoms with Crippen LogP contribution >= 0.6 is 0 Å². The number of hydrogen-bond donors (Lipinski definition) is 1. The largest absolute Gasteiger partial charge is 0.355 e. The molecule has 0 aromatic carbocycles. The van der Waals surface area contributed by atoms with E-state index in [1.807, 2.05) is 13.8 Å². The first kappa shape index (κ1) is 17.6. The Bertz CT molecular complexity index is 671. The van der Waals surface area contributed by atoms with E-state index in [0.717, 1.165) is 5.56 Å². The van der Waals surface area contributed by atoms with Gasteiger partial charge in [-0.3, -0.25) is 14.6 Å². The number of aromatic nitrogens is 3. The first-order chi connectivity index (χ1) is 11.6. The van der Waals surface area contributed by atoms with E-state index in [1.165, 1.54) is 4.90 Å². The SMILES string of the molecule is CCNC(=O)CN(CC)C(=O)CCc1nc(-c2ccncc2)no1. The highest BCUT2D eigenvalue weighted by atomic mass is 16.5. The summed E-state index contributed by atoms with van der Waals surface area (Å²) in [7, 11) is 0. The molecule has 0 aliphatic rings. The Morgan fingerprint density at radius 2 is 2.00 bits per heavy atom. The molecule has 8 heteroatoms. The van der Waals surface area contributed by atoms with Gasteiger partial charge in [-0.25, -0.2) is 0 Å². The fraction of sp³-hybridized carbons (Fsp3) is 0.438. The molecule has 0 aliphatic heterocycles. The summed E-state index contributed by atoms with van der Waals surface area (Å²) in [5.41, 5.74) is 0.803. The van der Waals surface area contributed by atoms with Crippen LogP contribution in [0.4, 0.5) is 0 Å². The first-order valence-electron chi connectivity index (χ1n) is 7.91. The minimum absolute atomic E-state index is 0.0648. The van der Waals surface area contributed by atoms with Crippen molar-refractivity contribution in [2.45, 2.75) is 26.7 Å². The average molecular weight is 331 g/mol. The van der Waals surface area contributed by atoms with E-state index in [0.29, 0.717) is 31.2 Å². The number of carbonyl (C=O) groups is 2. The van der Waals surface area contributed by atoms with Crippen molar-refractivity contribution >= 4 is 11.8 Å². The van der Waals surface area contributed by atoms with Crippen LogP contribution in [0.3, 0.4) is 0 Å². The molecule has 2 amide bonds. The predicted molar refractivity (Wildman–Crippen MR) is 86.8 cm³/mol. The zero-order valence-electron chi connectivity index (χ0n) is 13.9. The molecule has 2 rings (SSSR count). The van der Waals surface area contributed by atoms with Gasteiger partial charge in [-0.15, -0.1) is 0 Å². The van der Waals surface area contributed by atoms with E-state index in [9.17, 15) is 9.59 Å². The third-order valence-electron chi connectivity index (χ3n) is 3.40. The molecular weight excluding hydrogens is 310 g/mol. The summed E-state index contributed by atoms with van der Waals surface area (Å²) >= 11 is 0. The standard InChI is InChI=1S/C16H21N5O3/c1-3-18-13(22)11-21(4-2)15(23)6-5-14-19-16(20-24-14)12-7-9-17-10-8-12/h7-10H,3-6,11H2,1-2H3,(H,18,22). The van der Waals surface area contributed by atoms with E-state index in [2.05, 4.69) is 20.4 Å². The summed E-state index contributed by atoms with van der Waals surface area (Å²) in [5, 5.41) is 6.58. The number of nitrogens with zero attached hydrogens (tertiary/aromatic N) is 4. The third-order valence-corrected chi connectivity index (χ3v) is 3.40. The molecule has 0 spiro atoms. The van der Waals surface area contributed by atoms with Crippen LogP contribution in [0.25, 0.3) is 11.4 Å². The lowest BCUT2D eigenvalue weighted by molar-refractivity contribution is -0.135. The minimum Gasteiger partial charge on any atom is -0.355 e. The van der Waals surface area contributed by atoms with E-state index >= 15 is 0 Å². The number of rotatable bonds is 8. The molecule has 0 saturated carbocycles. The van der Waals surface area contributed by atoms with Crippen LogP contribution in [-0.4, -0.2) is 51.5 Å². The normalized spacial score (nSPS) is 10.4. The predicted octanol–water partition coefficient (Wildman–Crippen LogP) is 1.05. The highest BCUT2D eigenvalue weighted by molar-refractivity contribution is 5.84. The molecule has 0 fully saturated rings. The maximum atomic E-state index is 12.2. The molecule has 128 valence electrons. The van der Waals surface area contributed by atoms with Gasteiger partial charge in [0.1, 0.15) is 0 Å². The molecule has 0 atom stereocenters. The number of carbonyl (C=O) groups excluding carboxylic acids is 2. The number of hydrogen-bond acceptors (Lipinski definition) is 6. The van der Waals surface area contributed by atoms with Gasteiger partial charge < -0.3 is 14.7 Å². The van der Waals surface area contributed by atoms with Gasteiger partial charge in [0.15, 0.2) is 0 Å². The van der Waals surface area contributed by atoms with Crippen LogP contribution in [-0.2, 0) is 16.0 Å². The highest BCUT2D eigenvalue weighted by Gasteiger charge is 2.17. The molecule has 1 N–H and O–H groups in total. The summed E-state index contributed by atoms with van der Waals surface area (Å²) in [6.07, 6.45) is 3.85. The average Bonchev–Trinajstić information content (AvgIpc) is 3.07. The molecule has 0 saturated heterocycles. The van der Waals surface area contributed by atoms with Gasteiger partial charge in [0.2, 0.25) is 23.5 Å².